The van der Waals surface area contributed by atoms with Gasteiger partial charge in [0.05, 0.1) is 6.10 Å². The van der Waals surface area contributed by atoms with E-state index in [0.717, 1.165) is 6.42 Å². The van der Waals surface area contributed by atoms with Crippen molar-refractivity contribution >= 4 is 36.2 Å². The summed E-state index contributed by atoms with van der Waals surface area (Å²) in [6.45, 7) is 10.7. The first kappa shape index (κ1) is 41.9. The third-order valence-electron chi connectivity index (χ3n) is 2.80. The summed E-state index contributed by atoms with van der Waals surface area (Å²) in [6, 6.07) is 0. The molecule has 1 atom stereocenters. The van der Waals surface area contributed by atoms with Crippen LogP contribution in [0.5, 0.6) is 0 Å². The Kier molecular flexibility index (Phi) is 48.3. The van der Waals surface area contributed by atoms with E-state index < -0.39 is 0 Å². The first-order valence-corrected chi connectivity index (χ1v) is 10.2. The van der Waals surface area contributed by atoms with Gasteiger partial charge in [-0.25, -0.2) is 0 Å². The Morgan fingerprint density at radius 2 is 0.879 bits per heavy atom. The van der Waals surface area contributed by atoms with Gasteiger partial charge >= 0.3 is 26.2 Å². The van der Waals surface area contributed by atoms with E-state index in [9.17, 15) is 28.8 Å². The molecule has 0 aliphatic heterocycles. The van der Waals surface area contributed by atoms with Crippen LogP contribution in [0.2, 0.25) is 0 Å². The van der Waals surface area contributed by atoms with Crippen molar-refractivity contribution in [2.45, 2.75) is 66.4 Å². The predicted molar refractivity (Wildman–Crippen MR) is 117 cm³/mol. The van der Waals surface area contributed by atoms with Crippen LogP contribution in [0.3, 0.4) is 0 Å². The largest absolute Gasteiger partial charge is 3.00 e. The normalized spacial score (nSPS) is 9.64. The average Bonchev–Trinajstić information content (AvgIpc) is 2.76. The number of carbonyl (C=O) groups excluding carboxylic acids is 6. The monoisotopic (exact) mass is 551 g/mol. The van der Waals surface area contributed by atoms with E-state index >= 15 is 0 Å². The summed E-state index contributed by atoms with van der Waals surface area (Å²) in [4.78, 5) is 60.0. The van der Waals surface area contributed by atoms with Crippen LogP contribution in [0.25, 0.3) is 0 Å². The maximum Gasteiger partial charge on any atom is 3.00 e. The molecule has 0 aliphatic rings. The molecule has 0 saturated heterocycles. The average molecular weight is 553 g/mol. The third kappa shape index (κ3) is 53.7. The number of ketones is 3. The zero-order valence-electron chi connectivity index (χ0n) is 20.3. The maximum absolute atomic E-state index is 10.4. The molecule has 0 rings (SSSR count). The van der Waals surface area contributed by atoms with Gasteiger partial charge in [0.15, 0.2) is 0 Å². The fourth-order valence-electron chi connectivity index (χ4n) is 1.04. The van der Waals surface area contributed by atoms with Gasteiger partial charge in [0.25, 0.3) is 0 Å². The quantitative estimate of drug-likeness (QED) is 0.217. The number of ether oxygens (including phenoxy) is 3. The second-order valence-corrected chi connectivity index (χ2v) is 5.75. The molecule has 1 radical (unpaired) electrons. The second-order valence-electron chi connectivity index (χ2n) is 5.75. The minimum Gasteiger partial charge on any atom is -0.541 e. The number of rotatable bonds is 16. The molecule has 0 aromatic heterocycles. The molecule has 1 N–H and O–H groups in total. The molecule has 11 heteroatoms. The molecule has 0 aromatic carbocycles. The molecule has 0 heterocycles. The molecule has 1 unspecified atom stereocenters. The Hall–Kier alpha value is -1.26. The fourth-order valence-corrected chi connectivity index (χ4v) is 1.04. The summed E-state index contributed by atoms with van der Waals surface area (Å²) in [5.74, 6) is -0.648. The van der Waals surface area contributed by atoms with Crippen molar-refractivity contribution in [1.82, 2.24) is 0 Å². The van der Waals surface area contributed by atoms with Crippen LogP contribution in [-0.2, 0) is 69.2 Å². The molecule has 0 amide bonds. The Morgan fingerprint density at radius 1 is 0.667 bits per heavy atom. The van der Waals surface area contributed by atoms with Crippen molar-refractivity contribution in [2.24, 2.45) is 0 Å². The summed E-state index contributed by atoms with van der Waals surface area (Å²) >= 11 is 0. The van der Waals surface area contributed by atoms with E-state index in [-0.39, 0.29) is 88.7 Å². The minimum atomic E-state index is -0.216. The molecule has 189 valence electrons. The molecule has 0 spiro atoms. The van der Waals surface area contributed by atoms with E-state index in [2.05, 4.69) is 0 Å². The van der Waals surface area contributed by atoms with Crippen molar-refractivity contribution in [2.75, 3.05) is 39.6 Å². The van der Waals surface area contributed by atoms with Crippen LogP contribution in [0.1, 0.15) is 60.3 Å². The van der Waals surface area contributed by atoms with Gasteiger partial charge in [-0.2, -0.15) is 0 Å². The SMILES string of the molecule is CCC(C)O.CCOCC(=O)C[C-]=O.CCOCC(=O)C[C-]=O.CCOCC(=O)C[C-]=O.[Zr+3]. The van der Waals surface area contributed by atoms with E-state index in [0.29, 0.717) is 19.8 Å². The molecule has 0 fully saturated rings. The van der Waals surface area contributed by atoms with Gasteiger partial charge in [-0.15, -0.1) is 0 Å². The minimum absolute atomic E-state index is 0. The van der Waals surface area contributed by atoms with Crippen LogP contribution in [-0.4, -0.2) is 87.1 Å². The van der Waals surface area contributed by atoms with Gasteiger partial charge in [-0.1, -0.05) is 26.2 Å². The summed E-state index contributed by atoms with van der Waals surface area (Å²) in [7, 11) is 0. The summed E-state index contributed by atoms with van der Waals surface area (Å²) in [6.07, 6.45) is 4.78. The topological polar surface area (TPSA) is 150 Å². The fraction of sp³-hybridized carbons (Fsp3) is 0.727. The van der Waals surface area contributed by atoms with Gasteiger partial charge in [-0.3, -0.25) is 33.2 Å². The van der Waals surface area contributed by atoms with Crippen molar-refractivity contribution < 1.29 is 74.3 Å². The molecule has 33 heavy (non-hydrogen) atoms. The van der Waals surface area contributed by atoms with Crippen LogP contribution in [0.15, 0.2) is 0 Å². The molecular formula is C22H37O10Zr. The van der Waals surface area contributed by atoms with Crippen LogP contribution in [0, 0.1) is 0 Å². The number of hydrogen-bond donors (Lipinski definition) is 1. The first-order valence-electron chi connectivity index (χ1n) is 10.2. The Labute approximate surface area is 216 Å². The van der Waals surface area contributed by atoms with Crippen molar-refractivity contribution in [1.29, 1.82) is 0 Å². The second kappa shape index (κ2) is 38.0. The molecule has 0 saturated carbocycles. The number of hydrogen-bond acceptors (Lipinski definition) is 10. The first-order chi connectivity index (χ1) is 15.2. The third-order valence-corrected chi connectivity index (χ3v) is 2.80. The van der Waals surface area contributed by atoms with Gasteiger partial charge in [0, 0.05) is 19.8 Å². The van der Waals surface area contributed by atoms with Crippen LogP contribution in [0.4, 0.5) is 0 Å². The number of aliphatic hydroxyl groups excluding tert-OH is 1. The number of Topliss-reactive ketones (excluding diaryl/α,β-unsaturated/α-hetero) is 3. The van der Waals surface area contributed by atoms with E-state index in [1.807, 2.05) is 6.92 Å². The molecule has 0 aliphatic carbocycles. The van der Waals surface area contributed by atoms with Crippen molar-refractivity contribution in [3.63, 3.8) is 0 Å². The Balaban J connectivity index is -0.000000107. The van der Waals surface area contributed by atoms with E-state index in [4.69, 9.17) is 19.3 Å². The Bertz CT molecular complexity index is 420. The summed E-state index contributed by atoms with van der Waals surface area (Å²) in [5, 5.41) is 8.36. The van der Waals surface area contributed by atoms with Gasteiger partial charge in [-0.05, 0) is 34.1 Å². The molecule has 10 nitrogen and oxygen atoms in total. The van der Waals surface area contributed by atoms with E-state index in [1.165, 1.54) is 18.9 Å². The predicted octanol–water partition coefficient (Wildman–Crippen LogP) is 1.05. The molecule has 0 aromatic rings. The smallest absolute Gasteiger partial charge is 0.541 e. The van der Waals surface area contributed by atoms with Gasteiger partial charge < -0.3 is 33.7 Å². The van der Waals surface area contributed by atoms with Crippen molar-refractivity contribution in [3.05, 3.63) is 0 Å². The Morgan fingerprint density at radius 3 is 1.00 bits per heavy atom. The van der Waals surface area contributed by atoms with E-state index in [1.54, 1.807) is 27.7 Å². The molecule has 0 bridgehead atoms. The summed E-state index contributed by atoms with van der Waals surface area (Å²) < 4.78 is 14.2. The van der Waals surface area contributed by atoms with Crippen LogP contribution < -0.4 is 0 Å². The number of aliphatic hydroxyl groups is 1. The molecular weight excluding hydrogens is 515 g/mol. The van der Waals surface area contributed by atoms with Crippen molar-refractivity contribution in [3.8, 4) is 0 Å². The standard InChI is InChI=1S/3C6H9O3.C4H10O.Zr/c3*1-2-9-5-6(8)3-4-7;1-3-4(2)5;/h3*2-3,5H2,1H3;4-5H,3H2,1-2H3;/q3*-1;;+3. The number of carbonyl (C=O) groups is 3. The summed E-state index contributed by atoms with van der Waals surface area (Å²) in [5.41, 5.74) is 0. The zero-order valence-corrected chi connectivity index (χ0v) is 22.7. The zero-order chi connectivity index (χ0) is 25.6. The van der Waals surface area contributed by atoms with Gasteiger partial charge in [0.1, 0.15) is 37.2 Å². The van der Waals surface area contributed by atoms with Gasteiger partial charge in [0.2, 0.25) is 0 Å². The maximum atomic E-state index is 10.4. The van der Waals surface area contributed by atoms with Crippen LogP contribution >= 0.6 is 0 Å².